The summed E-state index contributed by atoms with van der Waals surface area (Å²) in [4.78, 5) is 95.1. The fourth-order valence-electron chi connectivity index (χ4n) is 8.58. The third kappa shape index (κ3) is 22.5. The van der Waals surface area contributed by atoms with Gasteiger partial charge in [-0.1, -0.05) is 25.3 Å². The van der Waals surface area contributed by atoms with E-state index in [2.05, 4.69) is 21.3 Å². The van der Waals surface area contributed by atoms with Crippen LogP contribution in [0.2, 0.25) is 0 Å². The summed E-state index contributed by atoms with van der Waals surface area (Å²) in [5.41, 5.74) is 5.72. The molecule has 4 rings (SSSR count). The van der Waals surface area contributed by atoms with Gasteiger partial charge >= 0.3 is 6.03 Å². The molecule has 3 amide bonds. The molecule has 2 fully saturated rings. The first-order valence-electron chi connectivity index (χ1n) is 25.2. The Morgan fingerprint density at radius 1 is 0.699 bits per heavy atom. The number of nitro benzene ring substituents is 3. The van der Waals surface area contributed by atoms with E-state index >= 15 is 0 Å². The number of nitrogens with zero attached hydrogens (tertiary/aromatic N) is 3. The predicted molar refractivity (Wildman–Crippen MR) is 274 cm³/mol. The lowest BCUT2D eigenvalue weighted by Crippen LogP contribution is -2.36. The number of nitrogens with two attached hydrogens (primary N) is 1. The summed E-state index contributed by atoms with van der Waals surface area (Å²) in [5.74, 6) is -0.583. The summed E-state index contributed by atoms with van der Waals surface area (Å²) in [6.45, 7) is 4.88. The van der Waals surface area contributed by atoms with Crippen molar-refractivity contribution in [2.75, 3.05) is 75.8 Å². The van der Waals surface area contributed by atoms with Gasteiger partial charge in [0.15, 0.2) is 5.78 Å². The molecule has 0 spiro atoms. The molecule has 2 saturated heterocycles. The van der Waals surface area contributed by atoms with Crippen molar-refractivity contribution >= 4 is 69.5 Å². The Hall–Kier alpha value is -5.82. The van der Waals surface area contributed by atoms with Gasteiger partial charge in [-0.05, 0) is 69.9 Å². The van der Waals surface area contributed by atoms with E-state index in [-0.39, 0.29) is 85.7 Å². The van der Waals surface area contributed by atoms with Crippen LogP contribution in [0.3, 0.4) is 0 Å². The number of anilines is 2. The molecule has 2 aliphatic heterocycles. The maximum Gasteiger partial charge on any atom is 0.315 e. The number of non-ortho nitro benzene ring substituents is 1. The molecule has 24 heteroatoms. The average molecular weight is 1050 g/mol. The molecular formula is C49H72N8O15S. The molecule has 3 unspecified atom stereocenters. The van der Waals surface area contributed by atoms with Gasteiger partial charge in [-0.3, -0.25) is 49.5 Å². The van der Waals surface area contributed by atoms with E-state index in [1.54, 1.807) is 12.1 Å². The predicted octanol–water partition coefficient (Wildman–Crippen LogP) is 6.89. The summed E-state index contributed by atoms with van der Waals surface area (Å²) in [6, 6.07) is 7.14. The fourth-order valence-corrected chi connectivity index (χ4v) is 10.1. The highest BCUT2D eigenvalue weighted by atomic mass is 32.2. The third-order valence-corrected chi connectivity index (χ3v) is 14.1. The summed E-state index contributed by atoms with van der Waals surface area (Å²) >= 11 is 1.89. The largest absolute Gasteiger partial charge is 0.379 e. The Labute approximate surface area is 429 Å². The molecule has 404 valence electrons. The van der Waals surface area contributed by atoms with E-state index in [1.165, 1.54) is 6.07 Å². The lowest BCUT2D eigenvalue weighted by molar-refractivity contribution is -0.388. The summed E-state index contributed by atoms with van der Waals surface area (Å²) in [7, 11) is 0. The number of amides is 3. The second-order valence-electron chi connectivity index (χ2n) is 18.2. The highest BCUT2D eigenvalue weighted by Crippen LogP contribution is 2.34. The number of nitro groups is 3. The molecule has 6 N–H and O–H groups in total. The van der Waals surface area contributed by atoms with Crippen molar-refractivity contribution in [3.05, 3.63) is 72.3 Å². The van der Waals surface area contributed by atoms with Crippen molar-refractivity contribution in [1.82, 2.24) is 10.6 Å². The van der Waals surface area contributed by atoms with Gasteiger partial charge < -0.3 is 45.9 Å². The van der Waals surface area contributed by atoms with Crippen molar-refractivity contribution < 1.29 is 57.7 Å². The van der Waals surface area contributed by atoms with Crippen LogP contribution in [0, 0.1) is 43.2 Å². The van der Waals surface area contributed by atoms with Gasteiger partial charge in [0.25, 0.3) is 17.1 Å². The van der Waals surface area contributed by atoms with Crippen LogP contribution in [0.25, 0.3) is 0 Å². The molecule has 0 aliphatic carbocycles. The number of benzene rings is 2. The van der Waals surface area contributed by atoms with E-state index in [0.29, 0.717) is 115 Å². The van der Waals surface area contributed by atoms with Crippen LogP contribution >= 0.6 is 11.8 Å². The van der Waals surface area contributed by atoms with Crippen molar-refractivity contribution in [2.45, 2.75) is 133 Å². The van der Waals surface area contributed by atoms with Gasteiger partial charge in [0.05, 0.1) is 79.1 Å². The van der Waals surface area contributed by atoms with Crippen LogP contribution in [-0.4, -0.2) is 133 Å². The van der Waals surface area contributed by atoms with Crippen molar-refractivity contribution in [3.63, 3.8) is 0 Å². The zero-order valence-electron chi connectivity index (χ0n) is 41.7. The smallest absolute Gasteiger partial charge is 0.315 e. The zero-order valence-corrected chi connectivity index (χ0v) is 42.5. The van der Waals surface area contributed by atoms with Gasteiger partial charge in [-0.25, -0.2) is 4.79 Å². The number of unbranched alkanes of at least 4 members (excludes halogenated alkanes) is 4. The minimum absolute atomic E-state index is 0.0449. The minimum atomic E-state index is -0.939. The second-order valence-corrected chi connectivity index (χ2v) is 19.5. The number of Topliss-reactive ketones (excluding diaryl/α,β-unsaturated/α-hetero) is 3. The van der Waals surface area contributed by atoms with Crippen molar-refractivity contribution in [1.29, 1.82) is 0 Å². The van der Waals surface area contributed by atoms with Crippen molar-refractivity contribution in [2.24, 2.45) is 11.7 Å². The maximum atomic E-state index is 13.6. The van der Waals surface area contributed by atoms with Crippen molar-refractivity contribution in [3.8, 4) is 0 Å². The molecule has 2 aromatic carbocycles. The average Bonchev–Trinajstić information content (AvgIpc) is 3.91. The number of primary amides is 1. The molecular weight excluding hydrogens is 973 g/mol. The Morgan fingerprint density at radius 3 is 2.01 bits per heavy atom. The van der Waals surface area contributed by atoms with Gasteiger partial charge in [0, 0.05) is 86.4 Å². The molecule has 0 saturated carbocycles. The van der Waals surface area contributed by atoms with Crippen LogP contribution in [-0.2, 0) is 38.1 Å². The number of fused-ring (bicyclic) bond motifs is 1. The molecule has 0 aromatic heterocycles. The van der Waals surface area contributed by atoms with Gasteiger partial charge in [-0.2, -0.15) is 11.8 Å². The quantitative estimate of drug-likeness (QED) is 0.0195. The number of ether oxygens (including phenoxy) is 4. The van der Waals surface area contributed by atoms with E-state index in [9.17, 15) is 54.3 Å². The number of urea groups is 1. The number of thioether (sulfide) groups is 1. The molecule has 2 aliphatic rings. The molecule has 2 heterocycles. The van der Waals surface area contributed by atoms with Gasteiger partial charge in [-0.15, -0.1) is 0 Å². The number of aryl methyl sites for hydroxylation is 1. The van der Waals surface area contributed by atoms with Gasteiger partial charge in [0.2, 0.25) is 5.91 Å². The summed E-state index contributed by atoms with van der Waals surface area (Å²) in [6.07, 6.45) is 7.53. The molecule has 23 nitrogen and oxygen atoms in total. The number of carbonyl (C=O) groups is 5. The highest BCUT2D eigenvalue weighted by molar-refractivity contribution is 8.00. The van der Waals surface area contributed by atoms with Crippen LogP contribution in [0.15, 0.2) is 36.4 Å². The number of ketones is 3. The molecule has 0 bridgehead atoms. The van der Waals surface area contributed by atoms with Crippen LogP contribution < -0.4 is 27.0 Å². The fraction of sp³-hybridized carbons (Fsp3) is 0.653. The zero-order chi connectivity index (χ0) is 53.0. The Bertz CT molecular complexity index is 2150. The lowest BCUT2D eigenvalue weighted by atomic mass is 9.93. The number of nitrogens with one attached hydrogen (secondary N) is 4. The second kappa shape index (κ2) is 33.1. The Kier molecular flexibility index (Phi) is 27.1. The number of rotatable bonds is 42. The first-order valence-corrected chi connectivity index (χ1v) is 26.2. The molecule has 73 heavy (non-hydrogen) atoms. The SMILES string of the molecule is Cc1ccc([N+](=O)[O-])c(NCCCCC(Nc2cc([N+](=O)[O-])ccc2[N+](=O)[O-])C(=O)CCCCCC(CC(=O)CCOCCOCCOCCOCCCC(=O)CCCCC2SC[C@H]3NC(=O)N[C@@H]23)C(N)=O)c1. The topological polar surface area (TPSA) is 326 Å². The minimum Gasteiger partial charge on any atom is -0.379 e. The van der Waals surface area contributed by atoms with E-state index < -0.39 is 44.0 Å². The normalized spacial score (nSPS) is 16.7. The van der Waals surface area contributed by atoms with E-state index in [4.69, 9.17) is 24.7 Å². The molecule has 5 atom stereocenters. The third-order valence-electron chi connectivity index (χ3n) is 12.6. The van der Waals surface area contributed by atoms with Crippen LogP contribution in [0.4, 0.5) is 33.2 Å². The Morgan fingerprint density at radius 2 is 1.33 bits per heavy atom. The van der Waals surface area contributed by atoms with E-state index in [0.717, 1.165) is 48.8 Å². The number of hydrogen-bond acceptors (Lipinski definition) is 18. The van der Waals surface area contributed by atoms with Crippen LogP contribution in [0.1, 0.15) is 108 Å². The monoisotopic (exact) mass is 1040 g/mol. The van der Waals surface area contributed by atoms with E-state index in [1.807, 2.05) is 18.7 Å². The highest BCUT2D eigenvalue weighted by Gasteiger charge is 2.42. The Balaban J connectivity index is 1.02. The maximum absolute atomic E-state index is 13.6. The first-order chi connectivity index (χ1) is 35.1. The van der Waals surface area contributed by atoms with Gasteiger partial charge in [0.1, 0.15) is 22.9 Å². The first kappa shape index (κ1) is 59.7. The summed E-state index contributed by atoms with van der Waals surface area (Å²) in [5, 5.41) is 47.0. The van der Waals surface area contributed by atoms with Crippen LogP contribution in [0.5, 0.6) is 0 Å². The summed E-state index contributed by atoms with van der Waals surface area (Å²) < 4.78 is 22.1. The molecule has 2 aromatic rings. The number of hydrogen-bond donors (Lipinski definition) is 5. The lowest BCUT2D eigenvalue weighted by Gasteiger charge is -2.19. The number of carbonyl (C=O) groups excluding carboxylic acids is 5. The molecule has 0 radical (unpaired) electrons. The standard InChI is InChI=1S/C49H72N8O15S/c1-34-16-18-43(56(65)66)40(30-34)51-21-8-7-13-39(52-41-32-36(55(63)64)17-19-44(41)57(67)68)45(60)14-4-2-3-10-35(48(50)61)31-38(59)20-23-70-25-27-72-29-28-71-26-24-69-22-9-12-37(58)11-5-6-15-46-47-42(33-73-46)53-49(62)54-47/h16-19,30,32,35,39,42,46-47,51-52H,2-15,20-29,31,33H2,1H3,(H2,50,61)(H2,53,54,62)/t35?,39?,42-,46?,47-/m1/s1.